The van der Waals surface area contributed by atoms with Crippen LogP contribution in [-0.4, -0.2) is 27.9 Å². The van der Waals surface area contributed by atoms with Crippen LogP contribution >= 0.6 is 0 Å². The van der Waals surface area contributed by atoms with Gasteiger partial charge in [0, 0.05) is 22.3 Å². The van der Waals surface area contributed by atoms with Gasteiger partial charge in [0.15, 0.2) is 11.6 Å². The van der Waals surface area contributed by atoms with E-state index in [1.165, 1.54) is 0 Å². The minimum atomic E-state index is -0.0344. The molecule has 0 radical (unpaired) electrons. The van der Waals surface area contributed by atoms with Crippen molar-refractivity contribution in [1.82, 2.24) is 0 Å². The number of hydrogen-bond acceptors (Lipinski definition) is 2. The molecule has 3 heteroatoms. The van der Waals surface area contributed by atoms with Crippen molar-refractivity contribution in [3.8, 4) is 0 Å². The molecule has 0 N–H and O–H groups in total. The number of benzene rings is 2. The summed E-state index contributed by atoms with van der Waals surface area (Å²) < 4.78 is 0.996. The zero-order valence-electron chi connectivity index (χ0n) is 9.36. The normalized spacial score (nSPS) is 13.2. The lowest BCUT2D eigenvalue weighted by Crippen LogP contribution is -2.27. The maximum absolute atomic E-state index is 12.3. The molecule has 80 valence electrons. The first-order valence-corrected chi connectivity index (χ1v) is 6.48. The Labute approximate surface area is 107 Å². The van der Waals surface area contributed by atoms with Gasteiger partial charge in [-0.15, -0.1) is 4.43 Å². The Morgan fingerprint density at radius 2 is 1.29 bits per heavy atom. The SMILES string of the molecule is O=C1c2ccccc2C(=O)c2[c]([AlH2])cccc21. The van der Waals surface area contributed by atoms with Crippen molar-refractivity contribution in [3.63, 3.8) is 0 Å². The van der Waals surface area contributed by atoms with E-state index < -0.39 is 0 Å². The van der Waals surface area contributed by atoms with Gasteiger partial charge in [-0.3, -0.25) is 9.59 Å². The molecule has 17 heavy (non-hydrogen) atoms. The quantitative estimate of drug-likeness (QED) is 0.539. The van der Waals surface area contributed by atoms with Crippen LogP contribution in [0.25, 0.3) is 0 Å². The first-order chi connectivity index (χ1) is 8.20. The van der Waals surface area contributed by atoms with E-state index in [9.17, 15) is 9.59 Å². The lowest BCUT2D eigenvalue weighted by atomic mass is 9.84. The molecule has 0 bridgehead atoms. The second-order valence-corrected chi connectivity index (χ2v) is 5.28. The predicted octanol–water partition coefficient (Wildman–Crippen LogP) is 0.720. The molecule has 0 spiro atoms. The third-order valence-electron chi connectivity index (χ3n) is 3.16. The van der Waals surface area contributed by atoms with Crippen LogP contribution < -0.4 is 4.43 Å². The molecule has 0 amide bonds. The van der Waals surface area contributed by atoms with Gasteiger partial charge in [-0.2, -0.15) is 0 Å². The first kappa shape index (κ1) is 10.5. The van der Waals surface area contributed by atoms with Crippen molar-refractivity contribution in [2.24, 2.45) is 0 Å². The molecule has 0 saturated heterocycles. The summed E-state index contributed by atoms with van der Waals surface area (Å²) in [5.74, 6) is -0.0475. The van der Waals surface area contributed by atoms with Crippen LogP contribution in [0.2, 0.25) is 0 Å². The molecule has 2 aromatic carbocycles. The Morgan fingerprint density at radius 1 is 0.706 bits per heavy atom. The van der Waals surface area contributed by atoms with Gasteiger partial charge in [0.1, 0.15) is 0 Å². The largest absolute Gasteiger partial charge is 0.289 e. The maximum atomic E-state index is 12.3. The van der Waals surface area contributed by atoms with Gasteiger partial charge in [-0.25, -0.2) is 0 Å². The van der Waals surface area contributed by atoms with E-state index in [1.54, 1.807) is 30.3 Å². The van der Waals surface area contributed by atoms with Crippen LogP contribution in [0.15, 0.2) is 42.5 Å². The number of rotatable bonds is 0. The van der Waals surface area contributed by atoms with E-state index in [1.807, 2.05) is 12.1 Å². The van der Waals surface area contributed by atoms with Crippen molar-refractivity contribution in [2.75, 3.05) is 0 Å². The molecule has 0 fully saturated rings. The summed E-state index contributed by atoms with van der Waals surface area (Å²) in [6.07, 6.45) is 0. The number of carbonyl (C=O) groups excluding carboxylic acids is 2. The summed E-state index contributed by atoms with van der Waals surface area (Å²) in [4.78, 5) is 24.6. The lowest BCUT2D eigenvalue weighted by Gasteiger charge is -2.18. The molecule has 2 nitrogen and oxygen atoms in total. The molecule has 0 unspecified atom stereocenters. The van der Waals surface area contributed by atoms with Gasteiger partial charge in [-0.1, -0.05) is 42.5 Å². The van der Waals surface area contributed by atoms with Gasteiger partial charge in [-0.05, 0) is 0 Å². The Morgan fingerprint density at radius 3 is 2.00 bits per heavy atom. The summed E-state index contributed by atoms with van der Waals surface area (Å²) >= 11 is 0.770. The molecule has 0 aromatic heterocycles. The fraction of sp³-hybridized carbons (Fsp3) is 0. The summed E-state index contributed by atoms with van der Waals surface area (Å²) in [7, 11) is 0. The summed E-state index contributed by atoms with van der Waals surface area (Å²) in [6.45, 7) is 0. The van der Waals surface area contributed by atoms with Gasteiger partial charge in [0.05, 0.1) is 0 Å². The highest BCUT2D eigenvalue weighted by molar-refractivity contribution is 6.41. The van der Waals surface area contributed by atoms with Crippen LogP contribution in [-0.2, 0) is 0 Å². The Balaban J connectivity index is 2.37. The lowest BCUT2D eigenvalue weighted by molar-refractivity contribution is 0.0980. The summed E-state index contributed by atoms with van der Waals surface area (Å²) in [6, 6.07) is 12.5. The maximum Gasteiger partial charge on any atom is 0.260 e. The molecule has 0 saturated carbocycles. The zero-order valence-corrected chi connectivity index (χ0v) is 11.4. The third kappa shape index (κ3) is 1.40. The van der Waals surface area contributed by atoms with E-state index in [2.05, 4.69) is 0 Å². The van der Waals surface area contributed by atoms with Gasteiger partial charge < -0.3 is 0 Å². The van der Waals surface area contributed by atoms with E-state index in [4.69, 9.17) is 0 Å². The zero-order chi connectivity index (χ0) is 12.0. The highest BCUT2D eigenvalue weighted by Gasteiger charge is 2.29. The Kier molecular flexibility index (Phi) is 2.26. The molecule has 0 aliphatic heterocycles. The molecule has 2 aromatic rings. The highest BCUT2D eigenvalue weighted by Crippen LogP contribution is 2.25. The molecule has 0 heterocycles. The van der Waals surface area contributed by atoms with Crippen molar-refractivity contribution in [2.45, 2.75) is 0 Å². The minimum absolute atomic E-state index is 0.0131. The number of ketones is 2. The fourth-order valence-electron chi connectivity index (χ4n) is 2.32. The average Bonchev–Trinajstić information content (AvgIpc) is 2.36. The predicted molar refractivity (Wildman–Crippen MR) is 67.9 cm³/mol. The van der Waals surface area contributed by atoms with Crippen molar-refractivity contribution >= 4 is 32.3 Å². The van der Waals surface area contributed by atoms with E-state index >= 15 is 0 Å². The molecular formula is C14H9AlO2. The third-order valence-corrected chi connectivity index (χ3v) is 3.99. The minimum Gasteiger partial charge on any atom is -0.289 e. The second-order valence-electron chi connectivity index (χ2n) is 4.20. The molecule has 1 aliphatic rings. The van der Waals surface area contributed by atoms with Gasteiger partial charge in [0.2, 0.25) is 0 Å². The van der Waals surface area contributed by atoms with E-state index in [0.29, 0.717) is 22.3 Å². The van der Waals surface area contributed by atoms with Crippen LogP contribution in [0.1, 0.15) is 31.8 Å². The van der Waals surface area contributed by atoms with Crippen molar-refractivity contribution in [1.29, 1.82) is 0 Å². The van der Waals surface area contributed by atoms with Crippen LogP contribution in [0.5, 0.6) is 0 Å². The van der Waals surface area contributed by atoms with Gasteiger partial charge in [0.25, 0.3) is 16.3 Å². The number of fused-ring (bicyclic) bond motifs is 2. The molecular weight excluding hydrogens is 227 g/mol. The summed E-state index contributed by atoms with van der Waals surface area (Å²) in [5, 5.41) is 0. The van der Waals surface area contributed by atoms with E-state index in [0.717, 1.165) is 20.7 Å². The number of carbonyl (C=O) groups is 2. The summed E-state index contributed by atoms with van der Waals surface area (Å²) in [5.41, 5.74) is 2.23. The van der Waals surface area contributed by atoms with Crippen LogP contribution in [0.3, 0.4) is 0 Å². The topological polar surface area (TPSA) is 34.1 Å². The van der Waals surface area contributed by atoms with Crippen molar-refractivity contribution < 1.29 is 9.59 Å². The monoisotopic (exact) mass is 236 g/mol. The fourth-order valence-corrected chi connectivity index (χ4v) is 3.01. The van der Waals surface area contributed by atoms with Crippen LogP contribution in [0, 0.1) is 0 Å². The first-order valence-electron chi connectivity index (χ1n) is 5.48. The molecule has 0 atom stereocenters. The van der Waals surface area contributed by atoms with E-state index in [-0.39, 0.29) is 11.6 Å². The van der Waals surface area contributed by atoms with Gasteiger partial charge >= 0.3 is 0 Å². The smallest absolute Gasteiger partial charge is 0.260 e. The second kappa shape index (κ2) is 3.66. The Bertz CT molecular complexity index is 659. The Hall–Kier alpha value is -1.69. The number of hydrogen-bond donors (Lipinski definition) is 0. The van der Waals surface area contributed by atoms with Crippen LogP contribution in [0.4, 0.5) is 0 Å². The molecule has 1 aliphatic carbocycles. The standard InChI is InChI=1S/C14H7O2.Al.2H/c15-13-9-5-1-2-6-10(9)14(16)12-8-4-3-7-11(12)13;;;/h1-7H;;;. The average molecular weight is 236 g/mol. The highest BCUT2D eigenvalue weighted by atomic mass is 27.0. The van der Waals surface area contributed by atoms with Crippen molar-refractivity contribution in [3.05, 3.63) is 64.7 Å². The molecule has 3 rings (SSSR count).